The van der Waals surface area contributed by atoms with E-state index in [1.54, 1.807) is 0 Å². The fourth-order valence-electron chi connectivity index (χ4n) is 3.45. The molecule has 18 heavy (non-hydrogen) atoms. The van der Waals surface area contributed by atoms with Crippen molar-refractivity contribution in [3.8, 4) is 0 Å². The third-order valence-electron chi connectivity index (χ3n) is 4.65. The molecule has 1 N–H and O–H groups in total. The molecule has 2 heterocycles. The third kappa shape index (κ3) is 4.22. The van der Waals surface area contributed by atoms with Gasteiger partial charge in [0.25, 0.3) is 0 Å². The van der Waals surface area contributed by atoms with Crippen LogP contribution in [0, 0.1) is 5.92 Å². The number of piperazine rings is 1. The van der Waals surface area contributed by atoms with Crippen LogP contribution in [0.25, 0.3) is 0 Å². The average molecular weight is 253 g/mol. The molecule has 2 rings (SSSR count). The van der Waals surface area contributed by atoms with Crippen molar-refractivity contribution >= 4 is 0 Å². The van der Waals surface area contributed by atoms with Gasteiger partial charge >= 0.3 is 0 Å². The van der Waals surface area contributed by atoms with Crippen LogP contribution >= 0.6 is 0 Å². The second kappa shape index (κ2) is 7.46. The Bertz CT molecular complexity index is 222. The Hall–Kier alpha value is -0.120. The van der Waals surface area contributed by atoms with Crippen LogP contribution in [0.3, 0.4) is 0 Å². The van der Waals surface area contributed by atoms with Crippen molar-refractivity contribution in [2.45, 2.75) is 45.6 Å². The summed E-state index contributed by atoms with van der Waals surface area (Å²) in [7, 11) is 0. The molecule has 0 spiro atoms. The Morgan fingerprint density at radius 1 is 1.06 bits per heavy atom. The van der Waals surface area contributed by atoms with Crippen molar-refractivity contribution in [2.24, 2.45) is 5.92 Å². The van der Waals surface area contributed by atoms with Gasteiger partial charge in [-0.3, -0.25) is 0 Å². The van der Waals surface area contributed by atoms with Crippen molar-refractivity contribution in [3.63, 3.8) is 0 Å². The summed E-state index contributed by atoms with van der Waals surface area (Å²) < 4.78 is 0. The summed E-state index contributed by atoms with van der Waals surface area (Å²) in [5.41, 5.74) is 0. The van der Waals surface area contributed by atoms with Crippen LogP contribution in [0.5, 0.6) is 0 Å². The van der Waals surface area contributed by atoms with Gasteiger partial charge in [0.05, 0.1) is 0 Å². The van der Waals surface area contributed by atoms with Crippen molar-refractivity contribution in [1.29, 1.82) is 0 Å². The van der Waals surface area contributed by atoms with Crippen molar-refractivity contribution in [2.75, 3.05) is 45.8 Å². The van der Waals surface area contributed by atoms with E-state index in [-0.39, 0.29) is 0 Å². The molecule has 0 radical (unpaired) electrons. The zero-order chi connectivity index (χ0) is 12.8. The first-order chi connectivity index (χ1) is 8.81. The molecule has 3 heteroatoms. The fourth-order valence-corrected chi connectivity index (χ4v) is 3.45. The molecule has 1 unspecified atom stereocenters. The molecule has 0 bridgehead atoms. The monoisotopic (exact) mass is 253 g/mol. The molecule has 2 aliphatic rings. The first-order valence-electron chi connectivity index (χ1n) is 8.00. The molecule has 0 amide bonds. The molecule has 0 aromatic carbocycles. The summed E-state index contributed by atoms with van der Waals surface area (Å²) in [6.45, 7) is 13.5. The van der Waals surface area contributed by atoms with Crippen molar-refractivity contribution in [3.05, 3.63) is 0 Å². The molecule has 0 aromatic rings. The molecule has 2 aliphatic heterocycles. The minimum Gasteiger partial charge on any atom is -0.311 e. The maximum Gasteiger partial charge on any atom is 0.0195 e. The number of piperidine rings is 1. The van der Waals surface area contributed by atoms with E-state index >= 15 is 0 Å². The van der Waals surface area contributed by atoms with Crippen LogP contribution < -0.4 is 5.32 Å². The van der Waals surface area contributed by atoms with Gasteiger partial charge in [-0.1, -0.05) is 20.3 Å². The number of nitrogens with zero attached hydrogens (tertiary/aromatic N) is 2. The van der Waals surface area contributed by atoms with Gasteiger partial charge < -0.3 is 15.1 Å². The summed E-state index contributed by atoms with van der Waals surface area (Å²) in [5, 5.41) is 3.65. The predicted molar refractivity (Wildman–Crippen MR) is 78.0 cm³/mol. The molecular weight excluding hydrogens is 222 g/mol. The Morgan fingerprint density at radius 2 is 1.83 bits per heavy atom. The summed E-state index contributed by atoms with van der Waals surface area (Å²) in [5.74, 6) is 0.952. The largest absolute Gasteiger partial charge is 0.311 e. The normalized spacial score (nSPS) is 28.7. The van der Waals surface area contributed by atoms with E-state index < -0.39 is 0 Å². The van der Waals surface area contributed by atoms with Crippen LogP contribution in [-0.2, 0) is 0 Å². The lowest BCUT2D eigenvalue weighted by molar-refractivity contribution is 0.124. The van der Waals surface area contributed by atoms with Crippen LogP contribution in [0.2, 0.25) is 0 Å². The van der Waals surface area contributed by atoms with E-state index in [1.807, 2.05) is 0 Å². The average Bonchev–Trinajstić information content (AvgIpc) is 2.40. The highest BCUT2D eigenvalue weighted by molar-refractivity contribution is 4.81. The first-order valence-corrected chi connectivity index (χ1v) is 8.00. The molecule has 1 atom stereocenters. The summed E-state index contributed by atoms with van der Waals surface area (Å²) in [6.07, 6.45) is 5.47. The summed E-state index contributed by atoms with van der Waals surface area (Å²) >= 11 is 0. The maximum absolute atomic E-state index is 3.65. The maximum atomic E-state index is 3.65. The highest BCUT2D eigenvalue weighted by Gasteiger charge is 2.24. The van der Waals surface area contributed by atoms with Gasteiger partial charge in [-0.25, -0.2) is 0 Å². The van der Waals surface area contributed by atoms with E-state index in [4.69, 9.17) is 0 Å². The van der Waals surface area contributed by atoms with Crippen LogP contribution in [0.4, 0.5) is 0 Å². The van der Waals surface area contributed by atoms with Crippen LogP contribution in [-0.4, -0.2) is 61.7 Å². The molecule has 3 nitrogen and oxygen atoms in total. The van der Waals surface area contributed by atoms with Gasteiger partial charge in [-0.15, -0.1) is 0 Å². The lowest BCUT2D eigenvalue weighted by Crippen LogP contribution is -2.52. The van der Waals surface area contributed by atoms with E-state index in [0.717, 1.165) is 12.0 Å². The highest BCUT2D eigenvalue weighted by atomic mass is 15.2. The van der Waals surface area contributed by atoms with E-state index in [2.05, 4.69) is 29.0 Å². The lowest BCUT2D eigenvalue weighted by atomic mass is 9.95. The Kier molecular flexibility index (Phi) is 5.93. The quantitative estimate of drug-likeness (QED) is 0.806. The number of likely N-dealkylation sites (tertiary alicyclic amines) is 1. The lowest BCUT2D eigenvalue weighted by Gasteiger charge is -2.38. The SMILES string of the molecule is CCCC1CN(CC2CCN(CC)CC2)CCN1. The molecule has 106 valence electrons. The third-order valence-corrected chi connectivity index (χ3v) is 4.65. The van der Waals surface area contributed by atoms with Crippen molar-refractivity contribution < 1.29 is 0 Å². The second-order valence-electron chi connectivity index (χ2n) is 6.08. The Labute approximate surface area is 113 Å². The van der Waals surface area contributed by atoms with E-state index in [9.17, 15) is 0 Å². The van der Waals surface area contributed by atoms with Gasteiger partial charge in [-0.2, -0.15) is 0 Å². The second-order valence-corrected chi connectivity index (χ2v) is 6.08. The van der Waals surface area contributed by atoms with Gasteiger partial charge in [0.1, 0.15) is 0 Å². The predicted octanol–water partition coefficient (Wildman–Crippen LogP) is 1.79. The van der Waals surface area contributed by atoms with Gasteiger partial charge in [-0.05, 0) is 44.8 Å². The number of rotatable bonds is 5. The number of nitrogens with one attached hydrogen (secondary N) is 1. The first kappa shape index (κ1) is 14.3. The molecule has 0 saturated carbocycles. The fraction of sp³-hybridized carbons (Fsp3) is 1.00. The number of hydrogen-bond acceptors (Lipinski definition) is 3. The Morgan fingerprint density at radius 3 is 2.50 bits per heavy atom. The Balaban J connectivity index is 1.69. The van der Waals surface area contributed by atoms with Gasteiger partial charge in [0.15, 0.2) is 0 Å². The minimum absolute atomic E-state index is 0.750. The summed E-state index contributed by atoms with van der Waals surface area (Å²) in [4.78, 5) is 5.30. The molecule has 2 fully saturated rings. The van der Waals surface area contributed by atoms with E-state index in [1.165, 1.54) is 71.5 Å². The number of hydrogen-bond donors (Lipinski definition) is 1. The van der Waals surface area contributed by atoms with Crippen LogP contribution in [0.1, 0.15) is 39.5 Å². The van der Waals surface area contributed by atoms with Crippen LogP contribution in [0.15, 0.2) is 0 Å². The van der Waals surface area contributed by atoms with E-state index in [0.29, 0.717) is 0 Å². The molecule has 2 saturated heterocycles. The van der Waals surface area contributed by atoms with Crippen molar-refractivity contribution in [1.82, 2.24) is 15.1 Å². The molecule has 0 aliphatic carbocycles. The standard InChI is InChI=1S/C15H31N3/c1-3-5-15-13-18(11-8-16-15)12-14-6-9-17(4-2)10-7-14/h14-16H,3-13H2,1-2H3. The minimum atomic E-state index is 0.750. The zero-order valence-electron chi connectivity index (χ0n) is 12.3. The smallest absolute Gasteiger partial charge is 0.0195 e. The zero-order valence-corrected chi connectivity index (χ0v) is 12.3. The topological polar surface area (TPSA) is 18.5 Å². The highest BCUT2D eigenvalue weighted by Crippen LogP contribution is 2.19. The summed E-state index contributed by atoms with van der Waals surface area (Å²) in [6, 6.07) is 0.750. The molecular formula is C15H31N3. The van der Waals surface area contributed by atoms with Gasteiger partial charge in [0, 0.05) is 32.2 Å². The molecule has 0 aromatic heterocycles. The van der Waals surface area contributed by atoms with Gasteiger partial charge in [0.2, 0.25) is 0 Å².